The summed E-state index contributed by atoms with van der Waals surface area (Å²) in [6, 6.07) is 0. The molecule has 0 bridgehead atoms. The molecule has 1 saturated heterocycles. The van der Waals surface area contributed by atoms with Crippen LogP contribution >= 0.6 is 0 Å². The van der Waals surface area contributed by atoms with Crippen LogP contribution in [-0.4, -0.2) is 89.6 Å². The molecule has 1 fully saturated rings. The molecule has 1 heterocycles. The van der Waals surface area contributed by atoms with E-state index in [1.165, 1.54) is 135 Å². The maximum absolute atomic E-state index is 12.8. The number of rotatable bonds is 47. The topological polar surface area (TPSA) is 135 Å². The van der Waals surface area contributed by atoms with Crippen molar-refractivity contribution >= 4 is 5.97 Å². The van der Waals surface area contributed by atoms with Crippen molar-refractivity contribution in [2.45, 2.75) is 263 Å². The number of aliphatic hydroxyl groups excluding tert-OH is 4. The van der Waals surface area contributed by atoms with Gasteiger partial charge in [0.05, 0.1) is 19.8 Å². The van der Waals surface area contributed by atoms with Gasteiger partial charge in [0.2, 0.25) is 0 Å². The molecule has 4 N–H and O–H groups in total. The van der Waals surface area contributed by atoms with E-state index in [1.54, 1.807) is 0 Å². The normalized spacial score (nSPS) is 19.8. The number of unbranched alkanes of at least 4 members (excludes halogenated alkanes) is 24. The molecular formula is C58H102O9. The van der Waals surface area contributed by atoms with Crippen molar-refractivity contribution in [1.29, 1.82) is 0 Å². The van der Waals surface area contributed by atoms with Crippen molar-refractivity contribution in [2.24, 2.45) is 0 Å². The zero-order valence-electron chi connectivity index (χ0n) is 42.9. The number of allylic oxidation sites excluding steroid dienone is 12. The lowest BCUT2D eigenvalue weighted by atomic mass is 9.99. The number of hydrogen-bond donors (Lipinski definition) is 4. The van der Waals surface area contributed by atoms with Gasteiger partial charge in [-0.05, 0) is 64.2 Å². The molecular weight excluding hydrogens is 841 g/mol. The van der Waals surface area contributed by atoms with Gasteiger partial charge in [0.1, 0.15) is 30.5 Å². The molecule has 6 unspecified atom stereocenters. The summed E-state index contributed by atoms with van der Waals surface area (Å²) in [5.41, 5.74) is 0. The number of esters is 1. The van der Waals surface area contributed by atoms with Gasteiger partial charge < -0.3 is 39.4 Å². The Kier molecular flexibility index (Phi) is 45.5. The molecule has 0 aromatic carbocycles. The fourth-order valence-corrected chi connectivity index (χ4v) is 8.14. The largest absolute Gasteiger partial charge is 0.457 e. The Morgan fingerprint density at radius 3 is 1.34 bits per heavy atom. The van der Waals surface area contributed by atoms with Crippen molar-refractivity contribution in [3.05, 3.63) is 72.9 Å². The summed E-state index contributed by atoms with van der Waals surface area (Å²) in [5, 5.41) is 40.3. The highest BCUT2D eigenvalue weighted by molar-refractivity contribution is 5.69. The van der Waals surface area contributed by atoms with E-state index in [9.17, 15) is 25.2 Å². The first kappa shape index (κ1) is 62.6. The van der Waals surface area contributed by atoms with Crippen molar-refractivity contribution in [2.75, 3.05) is 26.4 Å². The molecule has 388 valence electrons. The second kappa shape index (κ2) is 48.6. The van der Waals surface area contributed by atoms with E-state index in [2.05, 4.69) is 86.8 Å². The molecule has 1 aliphatic heterocycles. The van der Waals surface area contributed by atoms with Gasteiger partial charge in [-0.1, -0.05) is 228 Å². The van der Waals surface area contributed by atoms with Crippen LogP contribution in [-0.2, 0) is 23.7 Å². The molecule has 9 heteroatoms. The second-order valence-corrected chi connectivity index (χ2v) is 18.7. The lowest BCUT2D eigenvalue weighted by Crippen LogP contribution is -2.59. The van der Waals surface area contributed by atoms with Crippen molar-refractivity contribution < 1.29 is 44.2 Å². The third-order valence-electron chi connectivity index (χ3n) is 12.4. The fourth-order valence-electron chi connectivity index (χ4n) is 8.14. The van der Waals surface area contributed by atoms with Crippen LogP contribution in [0.5, 0.6) is 0 Å². The SMILES string of the molecule is CC/C=C\C/C=C\C/C=C\C/C=C\C/C=C\C/C=C\CCCCC(=O)OC(COCCCCCCCCCCCCCCCCCCCCCCCCC)COC1OC(CO)C(O)C(O)C1O. The lowest BCUT2D eigenvalue weighted by molar-refractivity contribution is -0.305. The van der Waals surface area contributed by atoms with Crippen LogP contribution in [0.25, 0.3) is 0 Å². The Hall–Kier alpha value is -2.37. The Balaban J connectivity index is 2.21. The number of carbonyl (C=O) groups excluding carboxylic acids is 1. The molecule has 0 spiro atoms. The number of aliphatic hydroxyl groups is 4. The average Bonchev–Trinajstić information content (AvgIpc) is 3.33. The summed E-state index contributed by atoms with van der Waals surface area (Å²) in [6.07, 6.45) is 58.1. The molecule has 1 rings (SSSR count). The Morgan fingerprint density at radius 1 is 0.493 bits per heavy atom. The van der Waals surface area contributed by atoms with E-state index >= 15 is 0 Å². The van der Waals surface area contributed by atoms with Gasteiger partial charge in [0.15, 0.2) is 6.29 Å². The smallest absolute Gasteiger partial charge is 0.306 e. The molecule has 0 aliphatic carbocycles. The zero-order chi connectivity index (χ0) is 48.5. The highest BCUT2D eigenvalue weighted by Gasteiger charge is 2.44. The molecule has 0 aromatic rings. The van der Waals surface area contributed by atoms with Crippen LogP contribution in [0, 0.1) is 0 Å². The lowest BCUT2D eigenvalue weighted by Gasteiger charge is -2.39. The van der Waals surface area contributed by atoms with Gasteiger partial charge in [0.25, 0.3) is 0 Å². The summed E-state index contributed by atoms with van der Waals surface area (Å²) in [6.45, 7) is 4.42. The van der Waals surface area contributed by atoms with Crippen molar-refractivity contribution in [3.8, 4) is 0 Å². The summed E-state index contributed by atoms with van der Waals surface area (Å²) in [4.78, 5) is 12.8. The van der Waals surface area contributed by atoms with Crippen LogP contribution in [0.1, 0.15) is 226 Å². The third-order valence-corrected chi connectivity index (χ3v) is 12.4. The van der Waals surface area contributed by atoms with E-state index in [-0.39, 0.29) is 25.6 Å². The van der Waals surface area contributed by atoms with Gasteiger partial charge in [-0.2, -0.15) is 0 Å². The molecule has 6 atom stereocenters. The predicted molar refractivity (Wildman–Crippen MR) is 279 cm³/mol. The zero-order valence-corrected chi connectivity index (χ0v) is 42.9. The number of ether oxygens (including phenoxy) is 4. The van der Waals surface area contributed by atoms with E-state index in [4.69, 9.17) is 18.9 Å². The van der Waals surface area contributed by atoms with Gasteiger partial charge >= 0.3 is 5.97 Å². The number of carbonyl (C=O) groups is 1. The highest BCUT2D eigenvalue weighted by Crippen LogP contribution is 2.23. The van der Waals surface area contributed by atoms with Gasteiger partial charge in [-0.25, -0.2) is 0 Å². The summed E-state index contributed by atoms with van der Waals surface area (Å²) < 4.78 is 22.9. The summed E-state index contributed by atoms with van der Waals surface area (Å²) >= 11 is 0. The van der Waals surface area contributed by atoms with Crippen LogP contribution in [0.2, 0.25) is 0 Å². The van der Waals surface area contributed by atoms with Crippen molar-refractivity contribution in [3.63, 3.8) is 0 Å². The third kappa shape index (κ3) is 39.1. The number of hydrogen-bond acceptors (Lipinski definition) is 9. The van der Waals surface area contributed by atoms with Crippen LogP contribution in [0.4, 0.5) is 0 Å². The first-order valence-corrected chi connectivity index (χ1v) is 27.5. The Labute approximate surface area is 410 Å². The predicted octanol–water partition coefficient (Wildman–Crippen LogP) is 14.0. The van der Waals surface area contributed by atoms with Crippen LogP contribution < -0.4 is 0 Å². The first-order chi connectivity index (χ1) is 32.9. The average molecular weight is 943 g/mol. The first-order valence-electron chi connectivity index (χ1n) is 27.5. The quantitative estimate of drug-likeness (QED) is 0.0267. The van der Waals surface area contributed by atoms with Gasteiger partial charge in [-0.3, -0.25) is 4.79 Å². The molecule has 0 amide bonds. The second-order valence-electron chi connectivity index (χ2n) is 18.7. The molecule has 0 saturated carbocycles. The molecule has 0 aromatic heterocycles. The minimum Gasteiger partial charge on any atom is -0.457 e. The highest BCUT2D eigenvalue weighted by atomic mass is 16.7. The minimum atomic E-state index is -1.55. The molecule has 67 heavy (non-hydrogen) atoms. The molecule has 0 radical (unpaired) electrons. The van der Waals surface area contributed by atoms with Crippen LogP contribution in [0.3, 0.4) is 0 Å². The van der Waals surface area contributed by atoms with E-state index < -0.39 is 43.4 Å². The minimum absolute atomic E-state index is 0.126. The van der Waals surface area contributed by atoms with Gasteiger partial charge in [-0.15, -0.1) is 0 Å². The van der Waals surface area contributed by atoms with Crippen LogP contribution in [0.15, 0.2) is 72.9 Å². The standard InChI is InChI=1S/C58H102O9/c1-3-5-7-9-11-13-15-17-19-21-23-25-26-28-30-32-34-36-38-40-42-44-46-48-64-50-52(51-65-58-57(63)56(62)55(61)53(49-59)67-58)66-54(60)47-45-43-41-39-37-35-33-31-29-27-24-22-20-18-16-14-12-10-8-6-4-2/h6,8,12,14,18,20,24,27,31,33,37,39,52-53,55-59,61-63H,3-5,7,9-11,13,15-17,19,21-23,25-26,28-30,32,34-36,38,40-51H2,1-2H3/b8-6-,14-12-,20-18-,27-24-,33-31-,39-37-. The summed E-state index contributed by atoms with van der Waals surface area (Å²) in [7, 11) is 0. The molecule has 9 nitrogen and oxygen atoms in total. The fraction of sp³-hybridized carbons (Fsp3) is 0.776. The Bertz CT molecular complexity index is 1260. The maximum Gasteiger partial charge on any atom is 0.306 e. The maximum atomic E-state index is 12.8. The summed E-state index contributed by atoms with van der Waals surface area (Å²) in [5.74, 6) is -0.353. The Morgan fingerprint density at radius 2 is 0.910 bits per heavy atom. The van der Waals surface area contributed by atoms with Crippen molar-refractivity contribution in [1.82, 2.24) is 0 Å². The van der Waals surface area contributed by atoms with E-state index in [0.29, 0.717) is 13.0 Å². The molecule has 1 aliphatic rings. The van der Waals surface area contributed by atoms with Gasteiger partial charge in [0, 0.05) is 13.0 Å². The van der Waals surface area contributed by atoms with E-state index in [1.807, 2.05) is 0 Å². The van der Waals surface area contributed by atoms with E-state index in [0.717, 1.165) is 64.2 Å². The monoisotopic (exact) mass is 943 g/mol.